The van der Waals surface area contributed by atoms with Crippen LogP contribution in [0, 0.1) is 5.92 Å². The van der Waals surface area contributed by atoms with E-state index < -0.39 is 0 Å². The second-order valence-electron chi connectivity index (χ2n) is 4.44. The molecule has 1 aliphatic rings. The molecule has 1 heterocycles. The van der Waals surface area contributed by atoms with Gasteiger partial charge in [-0.15, -0.1) is 5.10 Å². The van der Waals surface area contributed by atoms with Gasteiger partial charge in [-0.3, -0.25) is 4.79 Å². The van der Waals surface area contributed by atoms with Gasteiger partial charge in [-0.25, -0.2) is 4.68 Å². The number of nitrogens with one attached hydrogen (secondary N) is 2. The third-order valence-corrected chi connectivity index (χ3v) is 2.70. The molecular formula is C11H19N5O. The smallest absolute Gasteiger partial charge is 0.241 e. The van der Waals surface area contributed by atoms with E-state index in [0.717, 1.165) is 24.7 Å². The highest BCUT2D eigenvalue weighted by molar-refractivity contribution is 5.75. The topological polar surface area (TPSA) is 71.8 Å². The van der Waals surface area contributed by atoms with E-state index in [0.29, 0.717) is 6.54 Å². The molecular weight excluding hydrogens is 218 g/mol. The average Bonchev–Trinajstić information content (AvgIpc) is 3.00. The van der Waals surface area contributed by atoms with Gasteiger partial charge in [0.2, 0.25) is 5.91 Å². The number of carbonyl (C=O) groups excluding carboxylic acids is 1. The second-order valence-corrected chi connectivity index (χ2v) is 4.44. The van der Waals surface area contributed by atoms with Crippen LogP contribution in [0.2, 0.25) is 0 Å². The molecule has 1 saturated carbocycles. The van der Waals surface area contributed by atoms with Gasteiger partial charge in [0, 0.05) is 13.1 Å². The summed E-state index contributed by atoms with van der Waals surface area (Å²) in [4.78, 5) is 11.3. The normalized spacial score (nSPS) is 14.9. The highest BCUT2D eigenvalue weighted by atomic mass is 16.2. The van der Waals surface area contributed by atoms with Crippen LogP contribution in [-0.4, -0.2) is 34.0 Å². The molecule has 17 heavy (non-hydrogen) atoms. The van der Waals surface area contributed by atoms with Crippen molar-refractivity contribution in [3.8, 4) is 0 Å². The fourth-order valence-corrected chi connectivity index (χ4v) is 1.62. The number of hydrogen-bond donors (Lipinski definition) is 2. The van der Waals surface area contributed by atoms with Crippen molar-refractivity contribution in [2.45, 2.75) is 32.9 Å². The van der Waals surface area contributed by atoms with Gasteiger partial charge in [0.15, 0.2) is 0 Å². The summed E-state index contributed by atoms with van der Waals surface area (Å²) in [6.07, 6.45) is 4.50. The number of amides is 1. The number of carbonyl (C=O) groups is 1. The third-order valence-electron chi connectivity index (χ3n) is 2.70. The first-order valence-electron chi connectivity index (χ1n) is 6.14. The summed E-state index contributed by atoms with van der Waals surface area (Å²) in [5.74, 6) is 0.829. The number of likely N-dealkylation sites (N-methyl/N-ethyl adjacent to an activating group) is 1. The van der Waals surface area contributed by atoms with Crippen molar-refractivity contribution in [3.63, 3.8) is 0 Å². The molecule has 2 N–H and O–H groups in total. The number of rotatable bonds is 7. The van der Waals surface area contributed by atoms with E-state index in [-0.39, 0.29) is 12.5 Å². The Morgan fingerprint density at radius 2 is 2.41 bits per heavy atom. The fourth-order valence-electron chi connectivity index (χ4n) is 1.62. The molecule has 94 valence electrons. The fraction of sp³-hybridized carbons (Fsp3) is 0.727. The van der Waals surface area contributed by atoms with Crippen LogP contribution in [0.1, 0.15) is 25.5 Å². The highest BCUT2D eigenvalue weighted by Gasteiger charge is 2.20. The van der Waals surface area contributed by atoms with Gasteiger partial charge in [-0.05, 0) is 32.2 Å². The third kappa shape index (κ3) is 4.14. The zero-order valence-corrected chi connectivity index (χ0v) is 10.1. The molecule has 0 atom stereocenters. The first kappa shape index (κ1) is 12.0. The first-order valence-corrected chi connectivity index (χ1v) is 6.14. The van der Waals surface area contributed by atoms with Gasteiger partial charge in [0.05, 0.1) is 11.9 Å². The van der Waals surface area contributed by atoms with Crippen LogP contribution in [0.5, 0.6) is 0 Å². The standard InChI is InChI=1S/C11H19N5O/c1-2-13-11(17)8-16-7-10(14-15-16)6-12-5-9-3-4-9/h7,9,12H,2-6,8H2,1H3,(H,13,17). The molecule has 0 aromatic carbocycles. The molecule has 0 spiro atoms. The Labute approximate surface area is 101 Å². The zero-order valence-electron chi connectivity index (χ0n) is 10.1. The lowest BCUT2D eigenvalue weighted by Gasteiger charge is -2.00. The Balaban J connectivity index is 1.72. The van der Waals surface area contributed by atoms with E-state index in [1.165, 1.54) is 12.8 Å². The van der Waals surface area contributed by atoms with E-state index in [4.69, 9.17) is 0 Å². The molecule has 0 aliphatic heterocycles. The molecule has 0 saturated heterocycles. The van der Waals surface area contributed by atoms with Crippen LogP contribution in [-0.2, 0) is 17.9 Å². The van der Waals surface area contributed by atoms with Crippen molar-refractivity contribution in [3.05, 3.63) is 11.9 Å². The summed E-state index contributed by atoms with van der Waals surface area (Å²) in [6, 6.07) is 0. The largest absolute Gasteiger partial charge is 0.355 e. The van der Waals surface area contributed by atoms with Crippen molar-refractivity contribution in [2.75, 3.05) is 13.1 Å². The van der Waals surface area contributed by atoms with Gasteiger partial charge in [-0.2, -0.15) is 0 Å². The first-order chi connectivity index (χ1) is 8.28. The molecule has 1 aromatic heterocycles. The molecule has 0 unspecified atom stereocenters. The van der Waals surface area contributed by atoms with Crippen molar-refractivity contribution in [1.29, 1.82) is 0 Å². The van der Waals surface area contributed by atoms with Gasteiger partial charge in [-0.1, -0.05) is 5.21 Å². The highest BCUT2D eigenvalue weighted by Crippen LogP contribution is 2.27. The minimum absolute atomic E-state index is 0.0325. The quantitative estimate of drug-likeness (QED) is 0.695. The molecule has 2 rings (SSSR count). The summed E-state index contributed by atoms with van der Waals surface area (Å²) in [6.45, 7) is 4.56. The number of aromatic nitrogens is 3. The molecule has 6 nitrogen and oxygen atoms in total. The molecule has 1 fully saturated rings. The Hall–Kier alpha value is -1.43. The van der Waals surface area contributed by atoms with Crippen molar-refractivity contribution < 1.29 is 4.79 Å². The molecule has 0 bridgehead atoms. The van der Waals surface area contributed by atoms with Gasteiger partial charge in [0.1, 0.15) is 6.54 Å². The maximum absolute atomic E-state index is 11.3. The second kappa shape index (κ2) is 5.77. The Morgan fingerprint density at radius 1 is 1.59 bits per heavy atom. The maximum Gasteiger partial charge on any atom is 0.241 e. The molecule has 0 radical (unpaired) electrons. The maximum atomic E-state index is 11.3. The van der Waals surface area contributed by atoms with Crippen LogP contribution in [0.25, 0.3) is 0 Å². The van der Waals surface area contributed by atoms with E-state index in [9.17, 15) is 4.79 Å². The monoisotopic (exact) mass is 237 g/mol. The van der Waals surface area contributed by atoms with Crippen LogP contribution in [0.3, 0.4) is 0 Å². The van der Waals surface area contributed by atoms with E-state index in [2.05, 4.69) is 20.9 Å². The van der Waals surface area contributed by atoms with Crippen molar-refractivity contribution in [2.24, 2.45) is 5.92 Å². The van der Waals surface area contributed by atoms with Gasteiger partial charge >= 0.3 is 0 Å². The van der Waals surface area contributed by atoms with Gasteiger partial charge < -0.3 is 10.6 Å². The zero-order chi connectivity index (χ0) is 12.1. The summed E-state index contributed by atoms with van der Waals surface area (Å²) < 4.78 is 1.57. The van der Waals surface area contributed by atoms with E-state index in [1.807, 2.05) is 13.1 Å². The van der Waals surface area contributed by atoms with Crippen LogP contribution in [0.15, 0.2) is 6.20 Å². The lowest BCUT2D eigenvalue weighted by atomic mass is 10.4. The molecule has 1 aromatic rings. The lowest BCUT2D eigenvalue weighted by molar-refractivity contribution is -0.121. The summed E-state index contributed by atoms with van der Waals surface area (Å²) in [5.41, 5.74) is 0.884. The molecule has 6 heteroatoms. The predicted octanol–water partition coefficient (Wildman–Crippen LogP) is -0.0862. The summed E-state index contributed by atoms with van der Waals surface area (Å²) >= 11 is 0. The SMILES string of the molecule is CCNC(=O)Cn1cc(CNCC2CC2)nn1. The van der Waals surface area contributed by atoms with Crippen LogP contribution < -0.4 is 10.6 Å². The van der Waals surface area contributed by atoms with Crippen LogP contribution in [0.4, 0.5) is 0 Å². The summed E-state index contributed by atoms with van der Waals surface area (Å²) in [7, 11) is 0. The Kier molecular flexibility index (Phi) is 4.08. The summed E-state index contributed by atoms with van der Waals surface area (Å²) in [5, 5.41) is 14.0. The molecule has 1 aliphatic carbocycles. The minimum Gasteiger partial charge on any atom is -0.355 e. The number of nitrogens with zero attached hydrogens (tertiary/aromatic N) is 3. The Bertz CT molecular complexity index is 372. The average molecular weight is 237 g/mol. The van der Waals surface area contributed by atoms with Crippen LogP contribution >= 0.6 is 0 Å². The van der Waals surface area contributed by atoms with E-state index in [1.54, 1.807) is 4.68 Å². The van der Waals surface area contributed by atoms with E-state index >= 15 is 0 Å². The van der Waals surface area contributed by atoms with Crippen molar-refractivity contribution >= 4 is 5.91 Å². The Morgan fingerprint density at radius 3 is 3.12 bits per heavy atom. The minimum atomic E-state index is -0.0325. The van der Waals surface area contributed by atoms with Gasteiger partial charge in [0.25, 0.3) is 0 Å². The number of hydrogen-bond acceptors (Lipinski definition) is 4. The predicted molar refractivity (Wildman–Crippen MR) is 63.1 cm³/mol. The van der Waals surface area contributed by atoms with Crippen molar-refractivity contribution in [1.82, 2.24) is 25.6 Å². The molecule has 1 amide bonds. The lowest BCUT2D eigenvalue weighted by Crippen LogP contribution is -2.27.